The molecule has 0 spiro atoms. The highest BCUT2D eigenvalue weighted by Crippen LogP contribution is 2.22. The normalized spacial score (nSPS) is 15.4. The van der Waals surface area contributed by atoms with E-state index >= 15 is 0 Å². The van der Waals surface area contributed by atoms with E-state index < -0.39 is 5.91 Å². The van der Waals surface area contributed by atoms with Crippen molar-refractivity contribution in [3.05, 3.63) is 64.7 Å². The molecule has 0 saturated heterocycles. The van der Waals surface area contributed by atoms with E-state index in [0.29, 0.717) is 5.56 Å². The van der Waals surface area contributed by atoms with Gasteiger partial charge in [0.15, 0.2) is 0 Å². The fraction of sp³-hybridized carbons (Fsp3) is 0.222. The number of phenols is 1. The number of benzene rings is 2. The number of hydrogen-bond donors (Lipinski definition) is 2. The van der Waals surface area contributed by atoms with Crippen LogP contribution in [-0.4, -0.2) is 16.7 Å². The molecule has 0 saturated carbocycles. The molecule has 0 heterocycles. The van der Waals surface area contributed by atoms with Crippen LogP contribution in [0.2, 0.25) is 0 Å². The third kappa shape index (κ3) is 2.72. The Morgan fingerprint density at radius 1 is 1.14 bits per heavy atom. The molecule has 0 fully saturated rings. The highest BCUT2D eigenvalue weighted by atomic mass is 16.3. The number of amides is 1. The largest absolute Gasteiger partial charge is 0.507 e. The summed E-state index contributed by atoms with van der Waals surface area (Å²) in [4.78, 5) is 12.2. The molecule has 4 nitrogen and oxygen atoms in total. The lowest BCUT2D eigenvalue weighted by atomic mass is 9.90. The number of aromatic hydroxyl groups is 1. The first-order valence-electron chi connectivity index (χ1n) is 7.40. The minimum absolute atomic E-state index is 0.00393. The fourth-order valence-corrected chi connectivity index (χ4v) is 2.74. The fourth-order valence-electron chi connectivity index (χ4n) is 2.74. The van der Waals surface area contributed by atoms with Crippen LogP contribution in [0, 0.1) is 6.92 Å². The molecule has 112 valence electrons. The van der Waals surface area contributed by atoms with E-state index in [1.165, 1.54) is 5.56 Å². The zero-order chi connectivity index (χ0) is 15.5. The van der Waals surface area contributed by atoms with Crippen LogP contribution in [0.15, 0.2) is 47.6 Å². The zero-order valence-corrected chi connectivity index (χ0v) is 12.5. The zero-order valence-electron chi connectivity index (χ0n) is 12.5. The lowest BCUT2D eigenvalue weighted by molar-refractivity contribution is 0.0952. The molecule has 1 amide bonds. The van der Waals surface area contributed by atoms with Gasteiger partial charge in [-0.15, -0.1) is 0 Å². The van der Waals surface area contributed by atoms with E-state index in [0.717, 1.165) is 30.5 Å². The van der Waals surface area contributed by atoms with E-state index in [2.05, 4.69) is 16.6 Å². The summed E-state index contributed by atoms with van der Waals surface area (Å²) in [6.45, 7) is 1.76. The third-order valence-corrected chi connectivity index (χ3v) is 3.96. The number of para-hydroxylation sites is 1. The van der Waals surface area contributed by atoms with Crippen molar-refractivity contribution < 1.29 is 9.90 Å². The minimum Gasteiger partial charge on any atom is -0.507 e. The van der Waals surface area contributed by atoms with Crippen molar-refractivity contribution in [2.45, 2.75) is 26.2 Å². The number of aryl methyl sites for hydroxylation is 2. The number of hydrogen-bond acceptors (Lipinski definition) is 3. The number of carbonyl (C=O) groups is 1. The number of carbonyl (C=O) groups excluding carboxylic acids is 1. The predicted octanol–water partition coefficient (Wildman–Crippen LogP) is 3.17. The van der Waals surface area contributed by atoms with E-state index in [1.807, 2.05) is 18.2 Å². The number of nitrogens with zero attached hydrogens (tertiary/aromatic N) is 1. The van der Waals surface area contributed by atoms with Crippen LogP contribution < -0.4 is 5.43 Å². The lowest BCUT2D eigenvalue weighted by Gasteiger charge is -2.17. The summed E-state index contributed by atoms with van der Waals surface area (Å²) < 4.78 is 0. The SMILES string of the molecule is Cc1cccc(C(=O)N/N=C2/CCCc3ccccc32)c1O. The molecule has 22 heavy (non-hydrogen) atoms. The van der Waals surface area contributed by atoms with E-state index in [4.69, 9.17) is 0 Å². The molecule has 1 aliphatic rings. The Morgan fingerprint density at radius 3 is 2.82 bits per heavy atom. The highest BCUT2D eigenvalue weighted by molar-refractivity contribution is 6.04. The van der Waals surface area contributed by atoms with Gasteiger partial charge in [-0.2, -0.15) is 5.10 Å². The summed E-state index contributed by atoms with van der Waals surface area (Å²) in [6.07, 6.45) is 2.92. The quantitative estimate of drug-likeness (QED) is 0.836. The molecule has 2 N–H and O–H groups in total. The van der Waals surface area contributed by atoms with Gasteiger partial charge >= 0.3 is 0 Å². The Morgan fingerprint density at radius 2 is 1.95 bits per heavy atom. The second kappa shape index (κ2) is 6.02. The van der Waals surface area contributed by atoms with Crippen LogP contribution in [0.4, 0.5) is 0 Å². The number of rotatable bonds is 2. The van der Waals surface area contributed by atoms with Gasteiger partial charge in [-0.25, -0.2) is 5.43 Å². The smallest absolute Gasteiger partial charge is 0.275 e. The van der Waals surface area contributed by atoms with Crippen LogP contribution in [0.5, 0.6) is 5.75 Å². The summed E-state index contributed by atoms with van der Waals surface area (Å²) in [5, 5.41) is 14.2. The molecule has 2 aromatic rings. The number of nitrogens with one attached hydrogen (secondary N) is 1. The second-order valence-electron chi connectivity index (χ2n) is 5.48. The maximum absolute atomic E-state index is 12.2. The van der Waals surface area contributed by atoms with Gasteiger partial charge in [0.05, 0.1) is 11.3 Å². The molecule has 1 aliphatic carbocycles. The summed E-state index contributed by atoms with van der Waals surface area (Å²) >= 11 is 0. The first-order valence-corrected chi connectivity index (χ1v) is 7.40. The van der Waals surface area contributed by atoms with Gasteiger partial charge in [0.1, 0.15) is 5.75 Å². The van der Waals surface area contributed by atoms with Crippen LogP contribution in [0.25, 0.3) is 0 Å². The Hall–Kier alpha value is -2.62. The van der Waals surface area contributed by atoms with Crippen molar-refractivity contribution in [3.8, 4) is 5.75 Å². The van der Waals surface area contributed by atoms with Gasteiger partial charge in [0, 0.05) is 5.56 Å². The van der Waals surface area contributed by atoms with E-state index in [-0.39, 0.29) is 11.3 Å². The van der Waals surface area contributed by atoms with Crippen molar-refractivity contribution in [1.29, 1.82) is 0 Å². The van der Waals surface area contributed by atoms with Crippen molar-refractivity contribution in [2.75, 3.05) is 0 Å². The number of phenolic OH excluding ortho intramolecular Hbond substituents is 1. The molecular weight excluding hydrogens is 276 g/mol. The van der Waals surface area contributed by atoms with E-state index in [9.17, 15) is 9.90 Å². The Bertz CT molecular complexity index is 751. The molecule has 4 heteroatoms. The molecule has 3 rings (SSSR count). The van der Waals surface area contributed by atoms with Gasteiger partial charge in [0.2, 0.25) is 0 Å². The minimum atomic E-state index is -0.392. The van der Waals surface area contributed by atoms with Crippen molar-refractivity contribution in [3.63, 3.8) is 0 Å². The second-order valence-corrected chi connectivity index (χ2v) is 5.48. The summed E-state index contributed by atoms with van der Waals surface area (Å²) in [6, 6.07) is 13.2. The van der Waals surface area contributed by atoms with Crippen LogP contribution in [0.3, 0.4) is 0 Å². The van der Waals surface area contributed by atoms with Gasteiger partial charge in [-0.1, -0.05) is 36.4 Å². The average molecular weight is 294 g/mol. The lowest BCUT2D eigenvalue weighted by Crippen LogP contribution is -2.22. The van der Waals surface area contributed by atoms with Crippen molar-refractivity contribution >= 4 is 11.6 Å². The van der Waals surface area contributed by atoms with Crippen molar-refractivity contribution in [2.24, 2.45) is 5.10 Å². The first kappa shape index (κ1) is 14.3. The maximum Gasteiger partial charge on any atom is 0.275 e. The summed E-state index contributed by atoms with van der Waals surface area (Å²) in [5.41, 5.74) is 6.73. The summed E-state index contributed by atoms with van der Waals surface area (Å²) in [5.74, 6) is -0.388. The molecule has 0 bridgehead atoms. The predicted molar refractivity (Wildman–Crippen MR) is 86.2 cm³/mol. The van der Waals surface area contributed by atoms with Crippen LogP contribution >= 0.6 is 0 Å². The molecule has 2 aromatic carbocycles. The molecule has 0 aromatic heterocycles. The van der Waals surface area contributed by atoms with E-state index in [1.54, 1.807) is 25.1 Å². The highest BCUT2D eigenvalue weighted by Gasteiger charge is 2.16. The van der Waals surface area contributed by atoms with Crippen LogP contribution in [-0.2, 0) is 6.42 Å². The Labute approximate surface area is 129 Å². The van der Waals surface area contributed by atoms with Gasteiger partial charge in [0.25, 0.3) is 5.91 Å². The molecule has 0 radical (unpaired) electrons. The maximum atomic E-state index is 12.2. The Kier molecular flexibility index (Phi) is 3.92. The molecule has 0 atom stereocenters. The standard InChI is InChI=1S/C18H18N2O2/c1-12-6-4-10-15(17(12)21)18(22)20-19-16-11-5-8-13-7-2-3-9-14(13)16/h2-4,6-7,9-10,21H,5,8,11H2,1H3,(H,20,22)/b19-16-. The number of fused-ring (bicyclic) bond motifs is 1. The third-order valence-electron chi connectivity index (χ3n) is 3.96. The topological polar surface area (TPSA) is 61.7 Å². The Balaban J connectivity index is 1.83. The molecule has 0 unspecified atom stereocenters. The van der Waals surface area contributed by atoms with Gasteiger partial charge in [-0.3, -0.25) is 4.79 Å². The van der Waals surface area contributed by atoms with Crippen molar-refractivity contribution in [1.82, 2.24) is 5.43 Å². The monoisotopic (exact) mass is 294 g/mol. The van der Waals surface area contributed by atoms with Crippen LogP contribution in [0.1, 0.15) is 39.9 Å². The van der Waals surface area contributed by atoms with Gasteiger partial charge in [-0.05, 0) is 43.4 Å². The average Bonchev–Trinajstić information content (AvgIpc) is 2.55. The first-order chi connectivity index (χ1) is 10.7. The molecular formula is C18H18N2O2. The summed E-state index contributed by atoms with van der Waals surface area (Å²) in [7, 11) is 0. The molecule has 0 aliphatic heterocycles. The number of hydrazone groups is 1. The van der Waals surface area contributed by atoms with Gasteiger partial charge < -0.3 is 5.11 Å².